The number of hydrogen-bond acceptors (Lipinski definition) is 3. The lowest BCUT2D eigenvalue weighted by Gasteiger charge is -2.63. The number of carbonyl (C=O) groups excluding carboxylic acids is 1. The molecule has 1 aliphatic carbocycles. The van der Waals surface area contributed by atoms with E-state index in [0.29, 0.717) is 21.9 Å². The highest BCUT2D eigenvalue weighted by atomic mass is 79.9. The maximum absolute atomic E-state index is 12.7. The zero-order valence-corrected chi connectivity index (χ0v) is 18.6. The van der Waals surface area contributed by atoms with Crippen molar-refractivity contribution in [3.8, 4) is 11.8 Å². The second-order valence-corrected chi connectivity index (χ2v) is 9.63. The van der Waals surface area contributed by atoms with Crippen LogP contribution in [-0.2, 0) is 0 Å². The number of ether oxygens (including phenoxy) is 1. The van der Waals surface area contributed by atoms with Crippen molar-refractivity contribution in [3.05, 3.63) is 63.1 Å². The summed E-state index contributed by atoms with van der Waals surface area (Å²) in [7, 11) is 0. The lowest BCUT2D eigenvalue weighted by Crippen LogP contribution is -2.74. The first-order chi connectivity index (χ1) is 13.1. The van der Waals surface area contributed by atoms with E-state index in [1.807, 2.05) is 18.2 Å². The Morgan fingerprint density at radius 3 is 2.29 bits per heavy atom. The van der Waals surface area contributed by atoms with Gasteiger partial charge in [-0.05, 0) is 36.4 Å². The predicted molar refractivity (Wildman–Crippen MR) is 114 cm³/mol. The number of benzene rings is 2. The summed E-state index contributed by atoms with van der Waals surface area (Å²) in [6, 6.07) is 14.4. The van der Waals surface area contributed by atoms with Crippen LogP contribution in [-0.4, -0.2) is 18.1 Å². The van der Waals surface area contributed by atoms with Crippen LogP contribution >= 0.6 is 27.5 Å². The van der Waals surface area contributed by atoms with Crippen molar-refractivity contribution in [1.29, 1.82) is 5.26 Å². The van der Waals surface area contributed by atoms with E-state index < -0.39 is 0 Å². The highest BCUT2D eigenvalue weighted by Crippen LogP contribution is 2.55. The van der Waals surface area contributed by atoms with Crippen molar-refractivity contribution in [2.24, 2.45) is 10.8 Å². The molecule has 1 N–H and O–H groups in total. The first-order valence-corrected chi connectivity index (χ1v) is 10.2. The molecule has 146 valence electrons. The monoisotopic (exact) mass is 460 g/mol. The molecular weight excluding hydrogens is 440 g/mol. The molecule has 1 saturated carbocycles. The number of nitriles is 1. The van der Waals surface area contributed by atoms with Crippen molar-refractivity contribution in [3.63, 3.8) is 0 Å². The summed E-state index contributed by atoms with van der Waals surface area (Å²) in [4.78, 5) is 12.7. The molecule has 28 heavy (non-hydrogen) atoms. The van der Waals surface area contributed by atoms with Crippen LogP contribution in [0.4, 0.5) is 0 Å². The zero-order valence-electron chi connectivity index (χ0n) is 16.2. The average molecular weight is 462 g/mol. The van der Waals surface area contributed by atoms with Gasteiger partial charge in [-0.25, -0.2) is 0 Å². The number of nitrogens with one attached hydrogen (secondary N) is 1. The van der Waals surface area contributed by atoms with Gasteiger partial charge in [-0.15, -0.1) is 0 Å². The summed E-state index contributed by atoms with van der Waals surface area (Å²) in [5.74, 6) is 0.520. The molecule has 3 rings (SSSR count). The molecule has 1 amide bonds. The molecule has 0 bridgehead atoms. The van der Waals surface area contributed by atoms with E-state index in [0.717, 1.165) is 4.47 Å². The average Bonchev–Trinajstić information content (AvgIpc) is 2.64. The van der Waals surface area contributed by atoms with E-state index in [2.05, 4.69) is 48.9 Å². The van der Waals surface area contributed by atoms with Crippen molar-refractivity contribution >= 4 is 33.4 Å². The molecular formula is C22H22BrClN2O2. The highest BCUT2D eigenvalue weighted by molar-refractivity contribution is 9.10. The molecule has 2 aromatic rings. The third-order valence-corrected chi connectivity index (χ3v) is 6.38. The fraction of sp³-hybridized carbons (Fsp3) is 0.364. The first-order valence-electron chi connectivity index (χ1n) is 9.00. The van der Waals surface area contributed by atoms with Crippen LogP contribution in [0.2, 0.25) is 5.02 Å². The number of rotatable bonds is 4. The van der Waals surface area contributed by atoms with E-state index >= 15 is 0 Å². The molecule has 0 heterocycles. The molecule has 1 fully saturated rings. The van der Waals surface area contributed by atoms with Gasteiger partial charge < -0.3 is 10.1 Å². The van der Waals surface area contributed by atoms with E-state index in [-0.39, 0.29) is 28.9 Å². The van der Waals surface area contributed by atoms with Gasteiger partial charge in [0.2, 0.25) is 0 Å². The summed E-state index contributed by atoms with van der Waals surface area (Å²) in [6.07, 6.45) is -0.126. The van der Waals surface area contributed by atoms with Gasteiger partial charge in [0.15, 0.2) is 0 Å². The van der Waals surface area contributed by atoms with Crippen molar-refractivity contribution in [2.75, 3.05) is 0 Å². The van der Waals surface area contributed by atoms with Crippen LogP contribution in [0.1, 0.15) is 43.6 Å². The molecule has 0 radical (unpaired) electrons. The minimum atomic E-state index is -0.283. The smallest absolute Gasteiger partial charge is 0.251 e. The van der Waals surface area contributed by atoms with Gasteiger partial charge in [-0.2, -0.15) is 5.26 Å². The number of halogens is 2. The molecule has 0 aromatic heterocycles. The third-order valence-electron chi connectivity index (χ3n) is 5.54. The maximum atomic E-state index is 12.7. The Morgan fingerprint density at radius 1 is 1.14 bits per heavy atom. The Labute approximate surface area is 179 Å². The van der Waals surface area contributed by atoms with E-state index in [1.165, 1.54) is 0 Å². The number of carbonyl (C=O) groups is 1. The van der Waals surface area contributed by atoms with Crippen molar-refractivity contribution in [1.82, 2.24) is 5.32 Å². The summed E-state index contributed by atoms with van der Waals surface area (Å²) < 4.78 is 7.18. The van der Waals surface area contributed by atoms with Gasteiger partial charge in [0.25, 0.3) is 5.91 Å². The van der Waals surface area contributed by atoms with Crippen LogP contribution < -0.4 is 10.1 Å². The molecule has 0 aliphatic heterocycles. The normalized spacial score (nSPS) is 21.9. The molecule has 0 saturated heterocycles. The molecule has 6 heteroatoms. The Bertz CT molecular complexity index is 932. The Kier molecular flexibility index (Phi) is 5.49. The van der Waals surface area contributed by atoms with Crippen LogP contribution in [0.5, 0.6) is 5.75 Å². The third kappa shape index (κ3) is 3.64. The van der Waals surface area contributed by atoms with Crippen LogP contribution in [0, 0.1) is 22.2 Å². The Morgan fingerprint density at radius 2 is 1.75 bits per heavy atom. The SMILES string of the molecule is CC1(C)C(NC(=O)c2ccc(Br)cc2)C(C)(C)C1Oc1ccc(C#N)c(Cl)c1. The largest absolute Gasteiger partial charge is 0.489 e. The molecule has 4 nitrogen and oxygen atoms in total. The second kappa shape index (κ2) is 7.42. The van der Waals surface area contributed by atoms with Crippen LogP contribution in [0.3, 0.4) is 0 Å². The van der Waals surface area contributed by atoms with Gasteiger partial charge in [0, 0.05) is 33.0 Å². The maximum Gasteiger partial charge on any atom is 0.251 e. The topological polar surface area (TPSA) is 62.1 Å². The predicted octanol–water partition coefficient (Wildman–Crippen LogP) is 5.59. The summed E-state index contributed by atoms with van der Waals surface area (Å²) in [5, 5.41) is 12.6. The Balaban J connectivity index is 1.76. The van der Waals surface area contributed by atoms with Gasteiger partial charge in [0.1, 0.15) is 17.9 Å². The first kappa shape index (κ1) is 20.7. The fourth-order valence-corrected chi connectivity index (χ4v) is 4.89. The summed E-state index contributed by atoms with van der Waals surface area (Å²) in [5.41, 5.74) is 0.475. The number of amides is 1. The lowest BCUT2D eigenvalue weighted by atomic mass is 9.49. The van der Waals surface area contributed by atoms with E-state index in [4.69, 9.17) is 21.6 Å². The minimum Gasteiger partial charge on any atom is -0.489 e. The molecule has 1 aliphatic rings. The Hall–Kier alpha value is -2.03. The van der Waals surface area contributed by atoms with Crippen LogP contribution in [0.25, 0.3) is 0 Å². The van der Waals surface area contributed by atoms with Crippen molar-refractivity contribution < 1.29 is 9.53 Å². The summed E-state index contributed by atoms with van der Waals surface area (Å²) in [6.45, 7) is 8.34. The molecule has 0 spiro atoms. The van der Waals surface area contributed by atoms with Gasteiger partial charge >= 0.3 is 0 Å². The van der Waals surface area contributed by atoms with Gasteiger partial charge in [0.05, 0.1) is 10.6 Å². The van der Waals surface area contributed by atoms with Gasteiger partial charge in [-0.3, -0.25) is 4.79 Å². The highest BCUT2D eigenvalue weighted by Gasteiger charge is 2.64. The molecule has 2 aromatic carbocycles. The zero-order chi connectivity index (χ0) is 20.7. The van der Waals surface area contributed by atoms with Crippen LogP contribution in [0.15, 0.2) is 46.9 Å². The minimum absolute atomic E-state index is 0.0602. The quantitative estimate of drug-likeness (QED) is 0.646. The fourth-order valence-electron chi connectivity index (χ4n) is 4.41. The van der Waals surface area contributed by atoms with Crippen molar-refractivity contribution in [2.45, 2.75) is 39.8 Å². The van der Waals surface area contributed by atoms with E-state index in [1.54, 1.807) is 30.3 Å². The lowest BCUT2D eigenvalue weighted by molar-refractivity contribution is -0.164. The van der Waals surface area contributed by atoms with Gasteiger partial charge in [-0.1, -0.05) is 55.2 Å². The molecule has 0 atom stereocenters. The second-order valence-electron chi connectivity index (χ2n) is 8.31. The number of hydrogen-bond donors (Lipinski definition) is 1. The number of nitrogens with zero attached hydrogens (tertiary/aromatic N) is 1. The standard InChI is InChI=1S/C22H22BrClN2O2/c1-21(2)19(26-18(27)13-5-8-15(23)9-6-13)22(3,4)20(21)28-16-10-7-14(12-25)17(24)11-16/h5-11,19-20H,1-4H3,(H,26,27). The molecule has 0 unspecified atom stereocenters. The van der Waals surface area contributed by atoms with E-state index in [9.17, 15) is 4.79 Å². The summed E-state index contributed by atoms with van der Waals surface area (Å²) >= 11 is 9.51.